The van der Waals surface area contributed by atoms with E-state index in [2.05, 4.69) is 41.4 Å². The minimum Gasteiger partial charge on any atom is -0.317 e. The molecule has 2 heteroatoms. The molecule has 98 valence electrons. The van der Waals surface area contributed by atoms with Crippen LogP contribution < -0.4 is 5.32 Å². The zero-order chi connectivity index (χ0) is 12.4. The SMILES string of the molecule is CCc1cccc(CN2CC3(CCNCC3)C2)c1. The van der Waals surface area contributed by atoms with Gasteiger partial charge in [0, 0.05) is 19.6 Å². The lowest BCUT2D eigenvalue weighted by molar-refractivity contribution is -0.0282. The molecule has 2 aliphatic rings. The highest BCUT2D eigenvalue weighted by atomic mass is 15.2. The lowest BCUT2D eigenvalue weighted by Crippen LogP contribution is -2.59. The third-order valence-electron chi connectivity index (χ3n) is 4.59. The Morgan fingerprint density at radius 1 is 1.17 bits per heavy atom. The van der Waals surface area contributed by atoms with Crippen molar-refractivity contribution in [3.05, 3.63) is 35.4 Å². The monoisotopic (exact) mass is 244 g/mol. The van der Waals surface area contributed by atoms with E-state index in [4.69, 9.17) is 0 Å². The zero-order valence-corrected chi connectivity index (χ0v) is 11.4. The van der Waals surface area contributed by atoms with Crippen molar-refractivity contribution in [1.29, 1.82) is 0 Å². The van der Waals surface area contributed by atoms with Crippen LogP contribution in [-0.2, 0) is 13.0 Å². The zero-order valence-electron chi connectivity index (χ0n) is 11.4. The molecule has 1 spiro atoms. The van der Waals surface area contributed by atoms with Crippen molar-refractivity contribution < 1.29 is 0 Å². The van der Waals surface area contributed by atoms with Gasteiger partial charge in [-0.05, 0) is 48.9 Å². The molecule has 0 saturated carbocycles. The summed E-state index contributed by atoms with van der Waals surface area (Å²) in [6.07, 6.45) is 3.89. The fourth-order valence-corrected chi connectivity index (χ4v) is 3.49. The Labute approximate surface area is 110 Å². The van der Waals surface area contributed by atoms with E-state index in [1.807, 2.05) is 0 Å². The first-order chi connectivity index (χ1) is 8.80. The van der Waals surface area contributed by atoms with E-state index in [9.17, 15) is 0 Å². The highest BCUT2D eigenvalue weighted by Gasteiger charge is 2.42. The van der Waals surface area contributed by atoms with Crippen molar-refractivity contribution in [3.63, 3.8) is 0 Å². The summed E-state index contributed by atoms with van der Waals surface area (Å²) in [7, 11) is 0. The van der Waals surface area contributed by atoms with E-state index in [1.54, 1.807) is 0 Å². The molecule has 0 atom stereocenters. The molecule has 0 aromatic heterocycles. The number of piperidine rings is 1. The maximum Gasteiger partial charge on any atom is 0.0234 e. The number of hydrogen-bond donors (Lipinski definition) is 1. The standard InChI is InChI=1S/C16H24N2/c1-2-14-4-3-5-15(10-14)11-18-12-16(13-18)6-8-17-9-7-16/h3-5,10,17H,2,6-9,11-13H2,1H3. The van der Waals surface area contributed by atoms with Crippen LogP contribution in [0.4, 0.5) is 0 Å². The quantitative estimate of drug-likeness (QED) is 0.878. The molecule has 0 aliphatic carbocycles. The predicted octanol–water partition coefficient (Wildman–Crippen LogP) is 2.43. The van der Waals surface area contributed by atoms with Gasteiger partial charge >= 0.3 is 0 Å². The fourth-order valence-electron chi connectivity index (χ4n) is 3.49. The molecule has 2 saturated heterocycles. The van der Waals surface area contributed by atoms with Crippen LogP contribution in [0.5, 0.6) is 0 Å². The Balaban J connectivity index is 1.55. The smallest absolute Gasteiger partial charge is 0.0234 e. The topological polar surface area (TPSA) is 15.3 Å². The minimum atomic E-state index is 0.660. The van der Waals surface area contributed by atoms with Crippen LogP contribution in [0.15, 0.2) is 24.3 Å². The van der Waals surface area contributed by atoms with Crippen LogP contribution in [0.1, 0.15) is 30.9 Å². The van der Waals surface area contributed by atoms with Crippen molar-refractivity contribution >= 4 is 0 Å². The van der Waals surface area contributed by atoms with Crippen LogP contribution in [-0.4, -0.2) is 31.1 Å². The summed E-state index contributed by atoms with van der Waals surface area (Å²) in [6, 6.07) is 9.07. The van der Waals surface area contributed by atoms with Gasteiger partial charge in [-0.2, -0.15) is 0 Å². The Bertz CT molecular complexity index is 399. The summed E-state index contributed by atoms with van der Waals surface area (Å²) in [5.74, 6) is 0. The molecular formula is C16H24N2. The molecule has 2 nitrogen and oxygen atoms in total. The molecule has 2 aliphatic heterocycles. The summed E-state index contributed by atoms with van der Waals surface area (Å²) in [6.45, 7) is 8.43. The van der Waals surface area contributed by atoms with E-state index in [0.717, 1.165) is 13.0 Å². The first-order valence-electron chi connectivity index (χ1n) is 7.31. The number of nitrogens with one attached hydrogen (secondary N) is 1. The third-order valence-corrected chi connectivity index (χ3v) is 4.59. The molecule has 1 aromatic carbocycles. The Morgan fingerprint density at radius 3 is 2.61 bits per heavy atom. The van der Waals surface area contributed by atoms with Gasteiger partial charge in [0.15, 0.2) is 0 Å². The molecule has 2 fully saturated rings. The molecule has 0 radical (unpaired) electrons. The van der Waals surface area contributed by atoms with Gasteiger partial charge in [0.1, 0.15) is 0 Å². The van der Waals surface area contributed by atoms with E-state index in [-0.39, 0.29) is 0 Å². The second kappa shape index (κ2) is 5.02. The summed E-state index contributed by atoms with van der Waals surface area (Å²) in [5.41, 5.74) is 3.61. The Morgan fingerprint density at radius 2 is 1.89 bits per heavy atom. The second-order valence-corrected chi connectivity index (χ2v) is 6.07. The average Bonchev–Trinajstić information content (AvgIpc) is 2.38. The predicted molar refractivity (Wildman–Crippen MR) is 75.6 cm³/mol. The van der Waals surface area contributed by atoms with Gasteiger partial charge in [0.05, 0.1) is 0 Å². The maximum atomic E-state index is 3.47. The van der Waals surface area contributed by atoms with Gasteiger partial charge in [-0.1, -0.05) is 31.2 Å². The van der Waals surface area contributed by atoms with Gasteiger partial charge in [0.25, 0.3) is 0 Å². The first-order valence-corrected chi connectivity index (χ1v) is 7.31. The summed E-state index contributed by atoms with van der Waals surface area (Å²) in [5, 5.41) is 3.47. The third kappa shape index (κ3) is 2.45. The molecular weight excluding hydrogens is 220 g/mol. The molecule has 3 rings (SSSR count). The number of aryl methyl sites for hydroxylation is 1. The number of rotatable bonds is 3. The minimum absolute atomic E-state index is 0.660. The van der Waals surface area contributed by atoms with Crippen molar-refractivity contribution in [3.8, 4) is 0 Å². The van der Waals surface area contributed by atoms with Crippen molar-refractivity contribution in [2.45, 2.75) is 32.7 Å². The van der Waals surface area contributed by atoms with Gasteiger partial charge in [-0.3, -0.25) is 4.90 Å². The van der Waals surface area contributed by atoms with Gasteiger partial charge in [-0.25, -0.2) is 0 Å². The maximum absolute atomic E-state index is 3.47. The molecule has 0 bridgehead atoms. The lowest BCUT2D eigenvalue weighted by Gasteiger charge is -2.52. The van der Waals surface area contributed by atoms with Gasteiger partial charge in [-0.15, -0.1) is 0 Å². The van der Waals surface area contributed by atoms with E-state index >= 15 is 0 Å². The highest BCUT2D eigenvalue weighted by molar-refractivity contribution is 5.23. The van der Waals surface area contributed by atoms with Crippen LogP contribution >= 0.6 is 0 Å². The van der Waals surface area contributed by atoms with Gasteiger partial charge < -0.3 is 5.32 Å². The molecule has 18 heavy (non-hydrogen) atoms. The van der Waals surface area contributed by atoms with Crippen LogP contribution in [0.25, 0.3) is 0 Å². The summed E-state index contributed by atoms with van der Waals surface area (Å²) >= 11 is 0. The number of benzene rings is 1. The summed E-state index contributed by atoms with van der Waals surface area (Å²) < 4.78 is 0. The normalized spacial score (nSPS) is 22.9. The largest absolute Gasteiger partial charge is 0.317 e. The Kier molecular flexibility index (Phi) is 3.40. The van der Waals surface area contributed by atoms with E-state index < -0.39 is 0 Å². The molecule has 2 heterocycles. The van der Waals surface area contributed by atoms with E-state index in [1.165, 1.54) is 50.1 Å². The molecule has 1 aromatic rings. The molecule has 0 amide bonds. The van der Waals surface area contributed by atoms with Crippen molar-refractivity contribution in [2.24, 2.45) is 5.41 Å². The molecule has 1 N–H and O–H groups in total. The highest BCUT2D eigenvalue weighted by Crippen LogP contribution is 2.39. The number of hydrogen-bond acceptors (Lipinski definition) is 2. The number of likely N-dealkylation sites (tertiary alicyclic amines) is 1. The Hall–Kier alpha value is -0.860. The first kappa shape index (κ1) is 12.2. The number of nitrogens with zero attached hydrogens (tertiary/aromatic N) is 1. The van der Waals surface area contributed by atoms with E-state index in [0.29, 0.717) is 5.41 Å². The van der Waals surface area contributed by atoms with Crippen LogP contribution in [0, 0.1) is 5.41 Å². The summed E-state index contributed by atoms with van der Waals surface area (Å²) in [4.78, 5) is 2.61. The van der Waals surface area contributed by atoms with Crippen LogP contribution in [0.2, 0.25) is 0 Å². The lowest BCUT2D eigenvalue weighted by atomic mass is 9.72. The van der Waals surface area contributed by atoms with Gasteiger partial charge in [0.2, 0.25) is 0 Å². The van der Waals surface area contributed by atoms with Crippen molar-refractivity contribution in [1.82, 2.24) is 10.2 Å². The van der Waals surface area contributed by atoms with Crippen LogP contribution in [0.3, 0.4) is 0 Å². The fraction of sp³-hybridized carbons (Fsp3) is 0.625. The second-order valence-electron chi connectivity index (χ2n) is 6.07. The average molecular weight is 244 g/mol. The van der Waals surface area contributed by atoms with Crippen molar-refractivity contribution in [2.75, 3.05) is 26.2 Å². The molecule has 0 unspecified atom stereocenters.